The standard InChI is InChI=1S/C28H39N13O9S2.H2O4S/c1-28(2,26(48)49)50-37-16(20-36-27(32)52-38-20)22(44)35-17-23(45)41-18(25(46)47)12(11-51-24(17)41)9-40-10-14(19(31)39(40)3)34-21(43)13(5-4-7-29)33-15(42)6-8-30;1-5(2,3)4/h10,13,17,24,31H,4-9,11,29-30H2,1-3H3,(H7,32,33,34,35,36,38,42,43,44,46,47,48,49);(H2,1,2,3,4)/b37-16-;/t13-,17+,24+;/m0./s1. The zero-order valence-electron chi connectivity index (χ0n) is 30.4. The van der Waals surface area contributed by atoms with Crippen LogP contribution in [0.1, 0.15) is 38.9 Å². The van der Waals surface area contributed by atoms with Crippen molar-refractivity contribution in [3.8, 4) is 0 Å². The van der Waals surface area contributed by atoms with Crippen LogP contribution in [0.3, 0.4) is 0 Å². The second kappa shape index (κ2) is 19.1. The smallest absolute Gasteiger partial charge is 0.352 e. The average molecular weight is 864 g/mol. The molecule has 2 aromatic heterocycles. The third kappa shape index (κ3) is 12.0. The van der Waals surface area contributed by atoms with Gasteiger partial charge in [0.2, 0.25) is 45.5 Å². The Bertz CT molecular complexity index is 2060. The number of carbonyl (C=O) groups is 6. The Morgan fingerprint density at radius 2 is 1.84 bits per heavy atom. The summed E-state index contributed by atoms with van der Waals surface area (Å²) < 4.78 is 39.8. The van der Waals surface area contributed by atoms with Crippen LogP contribution in [0, 0.1) is 0 Å². The number of fused-ring (bicyclic) bond motifs is 1. The van der Waals surface area contributed by atoms with E-state index in [1.807, 2.05) is 0 Å². The van der Waals surface area contributed by atoms with Crippen LogP contribution in [0.5, 0.6) is 0 Å². The molecule has 0 saturated carbocycles. The maximum absolute atomic E-state index is 13.4. The molecule has 0 aromatic carbocycles. The van der Waals surface area contributed by atoms with E-state index in [2.05, 4.69) is 30.5 Å². The van der Waals surface area contributed by atoms with Gasteiger partial charge in [-0.3, -0.25) is 28.6 Å². The van der Waals surface area contributed by atoms with Crippen LogP contribution >= 0.6 is 23.3 Å². The molecular formula is C28H41N13O13S3. The lowest BCUT2D eigenvalue weighted by Gasteiger charge is -2.49. The van der Waals surface area contributed by atoms with Crippen LogP contribution in [-0.4, -0.2) is 130 Å². The van der Waals surface area contributed by atoms with Gasteiger partial charge in [0.15, 0.2) is 23.2 Å². The van der Waals surface area contributed by atoms with Gasteiger partial charge in [0.1, 0.15) is 23.2 Å². The lowest BCUT2D eigenvalue weighted by Crippen LogP contribution is -2.71. The summed E-state index contributed by atoms with van der Waals surface area (Å²) in [4.78, 5) is 86.1. The minimum Gasteiger partial charge on any atom is -0.726 e. The van der Waals surface area contributed by atoms with E-state index in [-0.39, 0.29) is 59.8 Å². The van der Waals surface area contributed by atoms with Crippen LogP contribution in [-0.2, 0) is 57.6 Å². The van der Waals surface area contributed by atoms with Crippen molar-refractivity contribution in [2.75, 3.05) is 35.6 Å². The third-order valence-electron chi connectivity index (χ3n) is 7.90. The van der Waals surface area contributed by atoms with Crippen LogP contribution < -0.4 is 43.6 Å². The Morgan fingerprint density at radius 3 is 2.39 bits per heavy atom. The molecule has 4 heterocycles. The number of hydrogen-bond donors (Lipinski definition) is 10. The molecule has 2 aromatic rings. The molecule has 0 bridgehead atoms. The molecule has 0 radical (unpaired) electrons. The van der Waals surface area contributed by atoms with Gasteiger partial charge in [-0.2, -0.15) is 9.36 Å². The number of aromatic nitrogens is 4. The zero-order chi connectivity index (χ0) is 43.0. The van der Waals surface area contributed by atoms with Gasteiger partial charge < -0.3 is 58.5 Å². The van der Waals surface area contributed by atoms with Gasteiger partial charge in [-0.25, -0.2) is 18.0 Å². The molecular weight excluding hydrogens is 823 g/mol. The molecule has 29 heteroatoms. The Morgan fingerprint density at radius 1 is 1.19 bits per heavy atom. The first-order chi connectivity index (χ1) is 26.5. The number of hydrogen-bond acceptors (Lipinski definition) is 19. The number of aliphatic carboxylic acids is 2. The van der Waals surface area contributed by atoms with Crippen molar-refractivity contribution in [1.82, 2.24) is 29.6 Å². The highest BCUT2D eigenvalue weighted by Crippen LogP contribution is 2.40. The summed E-state index contributed by atoms with van der Waals surface area (Å²) in [6, 6.07) is -2.10. The SMILES string of the molecule is Cn1c(N)c(NC(=O)[C@H](CCCN)NC(=O)CCN)c[n+]1CC1=C(C(=O)O)N2C(=O)[C@@H](NC(=O)/C(=N\OC(C)(C)C(=O)O)c3nsc(N)n3)[C@H]2SC1.O=S(=O)([O-])O. The predicted octanol–water partition coefficient (Wildman–Crippen LogP) is -4.13. The molecule has 2 aliphatic heterocycles. The van der Waals surface area contributed by atoms with E-state index >= 15 is 0 Å². The number of anilines is 3. The van der Waals surface area contributed by atoms with E-state index < -0.39 is 74.7 Å². The normalized spacial score (nSPS) is 17.4. The van der Waals surface area contributed by atoms with Gasteiger partial charge in [-0.1, -0.05) is 5.16 Å². The fourth-order valence-electron chi connectivity index (χ4n) is 4.99. The Balaban J connectivity index is 0.00000163. The fraction of sp³-hybridized carbons (Fsp3) is 0.500. The van der Waals surface area contributed by atoms with E-state index in [9.17, 15) is 39.0 Å². The molecule has 4 rings (SSSR count). The number of carboxylic acids is 2. The second-order valence-corrected chi connectivity index (χ2v) is 15.2. The van der Waals surface area contributed by atoms with Crippen molar-refractivity contribution < 1.29 is 66.0 Å². The molecule has 26 nitrogen and oxygen atoms in total. The maximum atomic E-state index is 13.4. The van der Waals surface area contributed by atoms with E-state index in [0.29, 0.717) is 18.5 Å². The summed E-state index contributed by atoms with van der Waals surface area (Å²) in [5.74, 6) is -5.44. The van der Waals surface area contributed by atoms with E-state index in [1.165, 1.54) is 36.5 Å². The van der Waals surface area contributed by atoms with Gasteiger partial charge in [0.25, 0.3) is 11.8 Å². The number of carboxylic acid groups (broad SMARTS) is 2. The Labute approximate surface area is 331 Å². The lowest BCUT2D eigenvalue weighted by atomic mass is 10.0. The third-order valence-corrected chi connectivity index (χ3v) is 9.79. The van der Waals surface area contributed by atoms with Crippen molar-refractivity contribution in [3.63, 3.8) is 0 Å². The summed E-state index contributed by atoms with van der Waals surface area (Å²) in [6.45, 7) is 2.76. The maximum Gasteiger partial charge on any atom is 0.352 e. The number of nitrogens with zero attached hydrogens (tertiary/aromatic N) is 6. The highest BCUT2D eigenvalue weighted by molar-refractivity contribution is 8.00. The quantitative estimate of drug-likeness (QED) is 0.0180. The number of oxime groups is 1. The van der Waals surface area contributed by atoms with Crippen LogP contribution in [0.2, 0.25) is 0 Å². The van der Waals surface area contributed by atoms with Gasteiger partial charge in [-0.05, 0) is 33.2 Å². The van der Waals surface area contributed by atoms with Gasteiger partial charge in [0, 0.05) is 35.8 Å². The van der Waals surface area contributed by atoms with E-state index in [4.69, 9.17) is 45.3 Å². The van der Waals surface area contributed by atoms with Crippen LogP contribution in [0.4, 0.5) is 16.6 Å². The van der Waals surface area contributed by atoms with Gasteiger partial charge >= 0.3 is 11.9 Å². The Hall–Kier alpha value is -5.46. The molecule has 0 aliphatic carbocycles. The molecule has 3 atom stereocenters. The molecule has 314 valence electrons. The second-order valence-electron chi connectivity index (χ2n) is 12.5. The first kappa shape index (κ1) is 45.9. The van der Waals surface area contributed by atoms with Gasteiger partial charge in [0.05, 0.1) is 7.05 Å². The van der Waals surface area contributed by atoms with E-state index in [0.717, 1.165) is 16.4 Å². The van der Waals surface area contributed by atoms with E-state index in [1.54, 1.807) is 11.7 Å². The number of amides is 4. The number of β-lactam (4-membered cyclic amide) rings is 1. The summed E-state index contributed by atoms with van der Waals surface area (Å²) >= 11 is 1.93. The van der Waals surface area contributed by atoms with Crippen molar-refractivity contribution in [2.24, 2.45) is 23.7 Å². The zero-order valence-corrected chi connectivity index (χ0v) is 32.9. The summed E-state index contributed by atoms with van der Waals surface area (Å²) in [5, 5.41) is 30.2. The largest absolute Gasteiger partial charge is 0.726 e. The number of thioether (sulfide) groups is 1. The van der Waals surface area contributed by atoms with Crippen molar-refractivity contribution >= 4 is 91.6 Å². The number of nitrogen functional groups attached to an aromatic ring is 2. The molecule has 1 saturated heterocycles. The minimum atomic E-state index is -4.92. The first-order valence-corrected chi connectivity index (χ1v) is 19.5. The highest BCUT2D eigenvalue weighted by Gasteiger charge is 2.55. The summed E-state index contributed by atoms with van der Waals surface area (Å²) in [6.07, 6.45) is 2.25. The molecule has 0 spiro atoms. The summed E-state index contributed by atoms with van der Waals surface area (Å²) in [5.41, 5.74) is 20.8. The van der Waals surface area contributed by atoms with Crippen molar-refractivity contribution in [2.45, 2.75) is 62.7 Å². The number of carbonyl (C=O) groups excluding carboxylic acids is 4. The van der Waals surface area contributed by atoms with Crippen molar-refractivity contribution in [3.05, 3.63) is 23.3 Å². The molecule has 14 N–H and O–H groups in total. The highest BCUT2D eigenvalue weighted by atomic mass is 32.3. The number of nitrogens with two attached hydrogens (primary N) is 4. The van der Waals surface area contributed by atoms with Crippen LogP contribution in [0.25, 0.3) is 0 Å². The Kier molecular flexibility index (Phi) is 15.4. The number of rotatable bonds is 17. The predicted molar refractivity (Wildman–Crippen MR) is 198 cm³/mol. The van der Waals surface area contributed by atoms with Crippen LogP contribution in [0.15, 0.2) is 22.6 Å². The molecule has 2 aliphatic rings. The molecule has 57 heavy (non-hydrogen) atoms. The van der Waals surface area contributed by atoms with Crippen molar-refractivity contribution in [1.29, 1.82) is 0 Å². The fourth-order valence-corrected chi connectivity index (χ4v) is 6.76. The molecule has 4 amide bonds. The summed E-state index contributed by atoms with van der Waals surface area (Å²) in [7, 11) is -3.33. The van der Waals surface area contributed by atoms with Gasteiger partial charge in [-0.15, -0.1) is 21.1 Å². The average Bonchev–Trinajstić information content (AvgIpc) is 3.65. The lowest BCUT2D eigenvalue weighted by molar-refractivity contribution is -0.765. The topological polar surface area (TPSA) is 420 Å². The molecule has 0 unspecified atom stereocenters. The molecule has 1 fully saturated rings. The monoisotopic (exact) mass is 863 g/mol. The first-order valence-electron chi connectivity index (χ1n) is 16.3. The minimum absolute atomic E-state index is 0.0172. The number of nitrogens with one attached hydrogen (secondary N) is 3.